The van der Waals surface area contributed by atoms with E-state index in [1.54, 1.807) is 0 Å². The largest absolute Gasteiger partial charge is 0.330 e. The molecule has 0 radical (unpaired) electrons. The molecule has 0 spiro atoms. The maximum atomic E-state index is 5.73. The zero-order valence-electron chi connectivity index (χ0n) is 9.01. The van der Waals surface area contributed by atoms with Crippen molar-refractivity contribution in [2.75, 3.05) is 18.1 Å². The number of thioether (sulfide) groups is 1. The van der Waals surface area contributed by atoms with Gasteiger partial charge in [-0.2, -0.15) is 11.8 Å². The Balaban J connectivity index is 2.60. The first-order valence-electron chi connectivity index (χ1n) is 5.53. The minimum Gasteiger partial charge on any atom is -0.330 e. The van der Waals surface area contributed by atoms with Crippen LogP contribution in [-0.4, -0.2) is 18.1 Å². The third kappa shape index (κ3) is 2.63. The average molecular weight is 201 g/mol. The summed E-state index contributed by atoms with van der Waals surface area (Å²) in [7, 11) is 0. The summed E-state index contributed by atoms with van der Waals surface area (Å²) in [6, 6.07) is 0. The highest BCUT2D eigenvalue weighted by atomic mass is 32.2. The van der Waals surface area contributed by atoms with Crippen molar-refractivity contribution in [2.45, 2.75) is 39.5 Å². The monoisotopic (exact) mass is 201 g/mol. The van der Waals surface area contributed by atoms with Crippen molar-refractivity contribution in [1.29, 1.82) is 0 Å². The van der Waals surface area contributed by atoms with E-state index < -0.39 is 0 Å². The van der Waals surface area contributed by atoms with Crippen LogP contribution in [0.15, 0.2) is 0 Å². The second kappa shape index (κ2) is 5.26. The Bertz CT molecular complexity index is 136. The molecule has 0 aromatic heterocycles. The molecule has 0 bridgehead atoms. The van der Waals surface area contributed by atoms with Gasteiger partial charge in [-0.15, -0.1) is 0 Å². The van der Waals surface area contributed by atoms with E-state index in [1.807, 2.05) is 0 Å². The van der Waals surface area contributed by atoms with E-state index in [-0.39, 0.29) is 0 Å². The normalized spacial score (nSPS) is 24.2. The molecule has 2 heteroatoms. The quantitative estimate of drug-likeness (QED) is 0.757. The molecule has 1 fully saturated rings. The molecule has 1 rings (SSSR count). The molecule has 1 nitrogen and oxygen atoms in total. The van der Waals surface area contributed by atoms with Gasteiger partial charge < -0.3 is 5.73 Å². The van der Waals surface area contributed by atoms with Crippen molar-refractivity contribution in [3.63, 3.8) is 0 Å². The molecule has 1 aliphatic heterocycles. The maximum absolute atomic E-state index is 5.73. The molecule has 78 valence electrons. The van der Waals surface area contributed by atoms with E-state index >= 15 is 0 Å². The van der Waals surface area contributed by atoms with Crippen molar-refractivity contribution >= 4 is 11.8 Å². The summed E-state index contributed by atoms with van der Waals surface area (Å²) in [5.74, 6) is 3.56. The van der Waals surface area contributed by atoms with Gasteiger partial charge in [0.2, 0.25) is 0 Å². The Hall–Kier alpha value is 0.310. The molecule has 1 saturated heterocycles. The Labute approximate surface area is 86.8 Å². The van der Waals surface area contributed by atoms with Gasteiger partial charge in [0.15, 0.2) is 0 Å². The summed E-state index contributed by atoms with van der Waals surface area (Å²) in [4.78, 5) is 0. The topological polar surface area (TPSA) is 26.0 Å². The Morgan fingerprint density at radius 1 is 1.38 bits per heavy atom. The van der Waals surface area contributed by atoms with Gasteiger partial charge in [-0.3, -0.25) is 0 Å². The van der Waals surface area contributed by atoms with Gasteiger partial charge in [0.25, 0.3) is 0 Å². The summed E-state index contributed by atoms with van der Waals surface area (Å²) >= 11 is 2.11. The Kier molecular flexibility index (Phi) is 4.60. The van der Waals surface area contributed by atoms with E-state index in [0.29, 0.717) is 5.41 Å². The number of nitrogens with two attached hydrogens (primary N) is 1. The molecule has 1 atom stereocenters. The first kappa shape index (κ1) is 11.4. The second-order valence-electron chi connectivity index (χ2n) is 4.32. The molecule has 13 heavy (non-hydrogen) atoms. The van der Waals surface area contributed by atoms with Crippen molar-refractivity contribution in [3.05, 3.63) is 0 Å². The van der Waals surface area contributed by atoms with Crippen molar-refractivity contribution in [2.24, 2.45) is 17.1 Å². The highest BCUT2D eigenvalue weighted by Crippen LogP contribution is 2.45. The summed E-state index contributed by atoms with van der Waals surface area (Å²) in [5, 5.41) is 0. The number of hydrogen-bond donors (Lipinski definition) is 1. The van der Waals surface area contributed by atoms with Gasteiger partial charge in [0.05, 0.1) is 0 Å². The molecule has 0 aromatic rings. The molecular weight excluding hydrogens is 178 g/mol. The van der Waals surface area contributed by atoms with Crippen molar-refractivity contribution < 1.29 is 0 Å². The zero-order valence-corrected chi connectivity index (χ0v) is 9.83. The van der Waals surface area contributed by atoms with Crippen LogP contribution in [0.4, 0.5) is 0 Å². The van der Waals surface area contributed by atoms with Gasteiger partial charge in [-0.1, -0.05) is 20.3 Å². The highest BCUT2D eigenvalue weighted by Gasteiger charge is 2.35. The van der Waals surface area contributed by atoms with Gasteiger partial charge in [-0.25, -0.2) is 0 Å². The van der Waals surface area contributed by atoms with Gasteiger partial charge in [-0.05, 0) is 48.6 Å². The first-order chi connectivity index (χ1) is 6.25. The molecule has 2 N–H and O–H groups in total. The van der Waals surface area contributed by atoms with Gasteiger partial charge in [0.1, 0.15) is 0 Å². The average Bonchev–Trinajstić information content (AvgIpc) is 2.18. The van der Waals surface area contributed by atoms with Crippen LogP contribution in [0.1, 0.15) is 39.5 Å². The summed E-state index contributed by atoms with van der Waals surface area (Å²) in [5.41, 5.74) is 6.32. The maximum Gasteiger partial charge on any atom is -0.00621 e. The standard InChI is InChI=1S/C11H23NS/c1-3-10(2)11(4-7-12)5-8-13-9-6-11/h10H,3-9,12H2,1-2H3. The first-order valence-corrected chi connectivity index (χ1v) is 6.68. The van der Waals surface area contributed by atoms with E-state index in [1.165, 1.54) is 37.2 Å². The van der Waals surface area contributed by atoms with E-state index in [2.05, 4.69) is 25.6 Å². The fraction of sp³-hybridized carbons (Fsp3) is 1.00. The Morgan fingerprint density at radius 2 is 2.00 bits per heavy atom. The fourth-order valence-corrected chi connectivity index (χ4v) is 3.79. The van der Waals surface area contributed by atoms with Crippen LogP contribution in [0.25, 0.3) is 0 Å². The second-order valence-corrected chi connectivity index (χ2v) is 5.55. The zero-order chi connectivity index (χ0) is 9.73. The Morgan fingerprint density at radius 3 is 2.46 bits per heavy atom. The van der Waals surface area contributed by atoms with Crippen LogP contribution in [0.3, 0.4) is 0 Å². The lowest BCUT2D eigenvalue weighted by Gasteiger charge is -2.42. The summed E-state index contributed by atoms with van der Waals surface area (Å²) in [6.45, 7) is 5.59. The summed E-state index contributed by atoms with van der Waals surface area (Å²) in [6.07, 6.45) is 5.33. The highest BCUT2D eigenvalue weighted by molar-refractivity contribution is 7.99. The van der Waals surface area contributed by atoms with Gasteiger partial charge in [0, 0.05) is 0 Å². The lowest BCUT2D eigenvalue weighted by molar-refractivity contribution is 0.139. The number of hydrogen-bond acceptors (Lipinski definition) is 2. The third-order valence-corrected chi connectivity index (χ3v) is 4.77. The van der Waals surface area contributed by atoms with E-state index in [0.717, 1.165) is 12.5 Å². The lowest BCUT2D eigenvalue weighted by Crippen LogP contribution is -2.35. The molecule has 1 unspecified atom stereocenters. The minimum absolute atomic E-state index is 0.592. The van der Waals surface area contributed by atoms with E-state index in [4.69, 9.17) is 5.73 Å². The molecule has 0 saturated carbocycles. The molecule has 1 aliphatic rings. The molecule has 0 aliphatic carbocycles. The van der Waals surface area contributed by atoms with Crippen LogP contribution in [0.2, 0.25) is 0 Å². The predicted molar refractivity (Wildman–Crippen MR) is 62.1 cm³/mol. The number of rotatable bonds is 4. The van der Waals surface area contributed by atoms with Crippen LogP contribution in [0.5, 0.6) is 0 Å². The lowest BCUT2D eigenvalue weighted by atomic mass is 9.68. The fourth-order valence-electron chi connectivity index (χ4n) is 2.49. The SMILES string of the molecule is CCC(C)C1(CCN)CCSCC1. The van der Waals surface area contributed by atoms with Gasteiger partial charge >= 0.3 is 0 Å². The van der Waals surface area contributed by atoms with Crippen molar-refractivity contribution in [3.8, 4) is 0 Å². The third-order valence-electron chi connectivity index (χ3n) is 3.79. The van der Waals surface area contributed by atoms with Crippen LogP contribution in [0, 0.1) is 11.3 Å². The molecule has 1 heterocycles. The molecule has 0 aromatic carbocycles. The smallest absolute Gasteiger partial charge is 0.00621 e. The van der Waals surface area contributed by atoms with Crippen LogP contribution in [-0.2, 0) is 0 Å². The molecule has 0 amide bonds. The minimum atomic E-state index is 0.592. The molecular formula is C11H23NS. The van der Waals surface area contributed by atoms with Crippen LogP contribution < -0.4 is 5.73 Å². The van der Waals surface area contributed by atoms with Crippen molar-refractivity contribution in [1.82, 2.24) is 0 Å². The van der Waals surface area contributed by atoms with Crippen LogP contribution >= 0.6 is 11.8 Å². The predicted octanol–water partition coefficient (Wildman–Crippen LogP) is 2.89. The van der Waals surface area contributed by atoms with E-state index in [9.17, 15) is 0 Å². The summed E-state index contributed by atoms with van der Waals surface area (Å²) < 4.78 is 0.